The number of carbonyl (C=O) groups is 2. The van der Waals surface area contributed by atoms with E-state index in [9.17, 15) is 9.59 Å². The Bertz CT molecular complexity index is 1410. The lowest BCUT2D eigenvalue weighted by Crippen LogP contribution is -2.10. The zero-order valence-electron chi connectivity index (χ0n) is 19.0. The van der Waals surface area contributed by atoms with Crippen LogP contribution in [0, 0.1) is 13.8 Å². The minimum Gasteiger partial charge on any atom is -0.464 e. The second-order valence-corrected chi connectivity index (χ2v) is 6.76. The normalized spacial score (nSPS) is 10.1. The Morgan fingerprint density at radius 3 is 2.09 bits per heavy atom. The van der Waals surface area contributed by atoms with E-state index < -0.39 is 11.9 Å². The van der Waals surface area contributed by atoms with Gasteiger partial charge in [-0.2, -0.15) is 15.3 Å². The summed E-state index contributed by atoms with van der Waals surface area (Å²) < 4.78 is 12.3. The van der Waals surface area contributed by atoms with Crippen molar-refractivity contribution in [2.45, 2.75) is 13.8 Å². The molecule has 3 N–H and O–H groups in total. The summed E-state index contributed by atoms with van der Waals surface area (Å²) in [5.74, 6) is -0.240. The molecular formula is C21H23N9O4. The number of hydrogen-bond acceptors (Lipinski definition) is 10. The van der Waals surface area contributed by atoms with Crippen LogP contribution in [-0.4, -0.2) is 65.6 Å². The van der Waals surface area contributed by atoms with Crippen LogP contribution in [0.5, 0.6) is 0 Å². The van der Waals surface area contributed by atoms with Crippen molar-refractivity contribution >= 4 is 29.1 Å². The smallest absolute Gasteiger partial charge is 0.356 e. The van der Waals surface area contributed by atoms with E-state index >= 15 is 0 Å². The van der Waals surface area contributed by atoms with Gasteiger partial charge in [0.2, 0.25) is 0 Å². The third-order valence-electron chi connectivity index (χ3n) is 4.34. The first-order valence-corrected chi connectivity index (χ1v) is 9.88. The number of methoxy groups -OCH3 is 2. The van der Waals surface area contributed by atoms with Gasteiger partial charge in [-0.3, -0.25) is 5.10 Å². The van der Waals surface area contributed by atoms with Crippen molar-refractivity contribution < 1.29 is 19.1 Å². The maximum Gasteiger partial charge on any atom is 0.356 e. The van der Waals surface area contributed by atoms with Gasteiger partial charge in [0.05, 0.1) is 32.8 Å². The minimum absolute atomic E-state index is 0.304. The molecule has 13 heteroatoms. The number of aromatic amines is 1. The van der Waals surface area contributed by atoms with Gasteiger partial charge in [0.1, 0.15) is 5.82 Å². The lowest BCUT2D eigenvalue weighted by atomic mass is 10.3. The summed E-state index contributed by atoms with van der Waals surface area (Å²) in [4.78, 5) is 30.9. The highest BCUT2D eigenvalue weighted by Crippen LogP contribution is 2.08. The average molecular weight is 465 g/mol. The Morgan fingerprint density at radius 1 is 0.882 bits per heavy atom. The van der Waals surface area contributed by atoms with Crippen molar-refractivity contribution in [3.63, 3.8) is 0 Å². The van der Waals surface area contributed by atoms with Crippen molar-refractivity contribution in [3.8, 4) is 0 Å². The van der Waals surface area contributed by atoms with Crippen LogP contribution in [-0.2, 0) is 9.47 Å². The minimum atomic E-state index is -0.434. The summed E-state index contributed by atoms with van der Waals surface area (Å²) in [7, 11) is 2.67. The van der Waals surface area contributed by atoms with Crippen molar-refractivity contribution in [1.29, 1.82) is 0 Å². The number of nitrogens with one attached hydrogen (secondary N) is 1. The highest BCUT2D eigenvalue weighted by Gasteiger charge is 2.12. The first-order valence-electron chi connectivity index (χ1n) is 9.88. The predicted octanol–water partition coefficient (Wildman–Crippen LogP) is 1.64. The number of nitrogen functional groups attached to an aromatic ring is 1. The number of hydrogen-bond donors (Lipinski definition) is 2. The molecule has 5 aromatic rings. The van der Waals surface area contributed by atoms with Gasteiger partial charge >= 0.3 is 11.9 Å². The van der Waals surface area contributed by atoms with Crippen LogP contribution < -0.4 is 5.73 Å². The molecule has 0 atom stereocenters. The molecule has 0 fully saturated rings. The van der Waals surface area contributed by atoms with Crippen LogP contribution in [0.3, 0.4) is 0 Å². The Labute approximate surface area is 193 Å². The summed E-state index contributed by atoms with van der Waals surface area (Å²) in [6, 6.07) is 8.45. The molecule has 0 saturated carbocycles. The average Bonchev–Trinajstić information content (AvgIpc) is 3.60. The lowest BCUT2D eigenvalue weighted by Gasteiger charge is -2.03. The van der Waals surface area contributed by atoms with Gasteiger partial charge in [-0.15, -0.1) is 0 Å². The van der Waals surface area contributed by atoms with E-state index in [4.69, 9.17) is 5.73 Å². The van der Waals surface area contributed by atoms with Gasteiger partial charge in [0.15, 0.2) is 22.7 Å². The zero-order valence-corrected chi connectivity index (χ0v) is 19.0. The number of ether oxygens (including phenoxy) is 2. The first-order chi connectivity index (χ1) is 16.3. The number of carbonyl (C=O) groups excluding carboxylic acids is 2. The second kappa shape index (κ2) is 10.7. The third-order valence-corrected chi connectivity index (χ3v) is 4.34. The van der Waals surface area contributed by atoms with E-state index in [0.717, 1.165) is 11.4 Å². The van der Waals surface area contributed by atoms with Crippen molar-refractivity contribution in [2.75, 3.05) is 20.0 Å². The molecule has 0 amide bonds. The summed E-state index contributed by atoms with van der Waals surface area (Å²) >= 11 is 0. The van der Waals surface area contributed by atoms with Crippen LogP contribution in [0.25, 0.3) is 11.3 Å². The van der Waals surface area contributed by atoms with Crippen LogP contribution in [0.15, 0.2) is 48.9 Å². The summed E-state index contributed by atoms with van der Waals surface area (Å²) in [5.41, 5.74) is 8.75. The second-order valence-electron chi connectivity index (χ2n) is 6.76. The first kappa shape index (κ1) is 23.8. The number of nitrogens with two attached hydrogens (primary N) is 1. The molecule has 5 rings (SSSR count). The molecule has 0 saturated heterocycles. The van der Waals surface area contributed by atoms with Gasteiger partial charge in [-0.05, 0) is 32.0 Å². The Kier molecular flexibility index (Phi) is 7.48. The van der Waals surface area contributed by atoms with Gasteiger partial charge in [-0.1, -0.05) is 0 Å². The highest BCUT2D eigenvalue weighted by molar-refractivity contribution is 5.88. The fraction of sp³-hybridized carbons (Fsp3) is 0.190. The fourth-order valence-electron chi connectivity index (χ4n) is 2.83. The van der Waals surface area contributed by atoms with Gasteiger partial charge in [0, 0.05) is 23.5 Å². The number of anilines is 1. The monoisotopic (exact) mass is 465 g/mol. The third kappa shape index (κ3) is 5.51. The molecule has 5 heterocycles. The van der Waals surface area contributed by atoms with Crippen molar-refractivity contribution in [3.05, 3.63) is 71.7 Å². The SMILES string of the molecule is COC(=O)c1cc(C)n2nccc2n1.COC(=O)c1cc(C)nc2ccnn12.Nc1ccn[nH]1. The maximum atomic E-state index is 11.4. The lowest BCUT2D eigenvalue weighted by molar-refractivity contribution is 0.0583. The predicted molar refractivity (Wildman–Crippen MR) is 121 cm³/mol. The maximum absolute atomic E-state index is 11.4. The highest BCUT2D eigenvalue weighted by atomic mass is 16.5. The van der Waals surface area contributed by atoms with Gasteiger partial charge < -0.3 is 15.2 Å². The molecule has 0 radical (unpaired) electrons. The molecule has 13 nitrogen and oxygen atoms in total. The molecule has 34 heavy (non-hydrogen) atoms. The number of esters is 2. The van der Waals surface area contributed by atoms with E-state index in [0.29, 0.717) is 28.5 Å². The topological polar surface area (TPSA) is 168 Å². The van der Waals surface area contributed by atoms with E-state index in [1.807, 2.05) is 13.8 Å². The molecule has 0 aromatic carbocycles. The number of nitrogens with zero attached hydrogens (tertiary/aromatic N) is 7. The Hall–Kier alpha value is -4.81. The van der Waals surface area contributed by atoms with Crippen LogP contribution in [0.1, 0.15) is 32.4 Å². The van der Waals surface area contributed by atoms with E-state index in [1.165, 1.54) is 18.7 Å². The van der Waals surface area contributed by atoms with Crippen LogP contribution in [0.2, 0.25) is 0 Å². The largest absolute Gasteiger partial charge is 0.464 e. The van der Waals surface area contributed by atoms with Crippen molar-refractivity contribution in [1.82, 2.24) is 39.4 Å². The van der Waals surface area contributed by atoms with Gasteiger partial charge in [0.25, 0.3) is 0 Å². The number of rotatable bonds is 2. The molecular weight excluding hydrogens is 442 g/mol. The molecule has 0 aliphatic heterocycles. The number of fused-ring (bicyclic) bond motifs is 2. The molecule has 0 aliphatic carbocycles. The summed E-state index contributed by atoms with van der Waals surface area (Å²) in [6.07, 6.45) is 4.83. The number of H-pyrrole nitrogens is 1. The van der Waals surface area contributed by atoms with E-state index in [1.54, 1.807) is 53.4 Å². The van der Waals surface area contributed by atoms with E-state index in [-0.39, 0.29) is 0 Å². The van der Waals surface area contributed by atoms with Crippen LogP contribution in [0.4, 0.5) is 5.82 Å². The standard InChI is InChI=1S/2C9H9N3O2.C3H5N3/c1-6-5-7(9(13)14-2)11-8-3-4-10-12(6)8;1-6-5-7(9(13)14-2)12-8(11-6)3-4-10-12;4-3-1-2-5-6-3/h2*3-5H,1-2H3;1-2H,(H3,4,5,6). The fourth-order valence-corrected chi connectivity index (χ4v) is 2.83. The summed E-state index contributed by atoms with van der Waals surface area (Å²) in [5, 5.41) is 14.1. The summed E-state index contributed by atoms with van der Waals surface area (Å²) in [6.45, 7) is 3.67. The number of aromatic nitrogens is 8. The van der Waals surface area contributed by atoms with Gasteiger partial charge in [-0.25, -0.2) is 28.6 Å². The molecule has 0 spiro atoms. The van der Waals surface area contributed by atoms with Crippen molar-refractivity contribution in [2.24, 2.45) is 0 Å². The molecule has 176 valence electrons. The van der Waals surface area contributed by atoms with E-state index in [2.05, 4.69) is 39.8 Å². The Balaban J connectivity index is 0.000000154. The molecule has 0 bridgehead atoms. The molecule has 5 aromatic heterocycles. The number of aryl methyl sites for hydroxylation is 2. The Morgan fingerprint density at radius 2 is 1.53 bits per heavy atom. The zero-order chi connectivity index (χ0) is 24.7. The van der Waals surface area contributed by atoms with Crippen LogP contribution >= 0.6 is 0 Å². The molecule has 0 unspecified atom stereocenters. The quantitative estimate of drug-likeness (QED) is 0.366. The molecule has 0 aliphatic rings.